The van der Waals surface area contributed by atoms with Crippen LogP contribution in [-0.4, -0.2) is 37.2 Å². The van der Waals surface area contributed by atoms with E-state index in [9.17, 15) is 14.4 Å². The summed E-state index contributed by atoms with van der Waals surface area (Å²) in [5, 5.41) is 0. The van der Waals surface area contributed by atoms with Crippen molar-refractivity contribution in [1.29, 1.82) is 0 Å². The van der Waals surface area contributed by atoms with Crippen LogP contribution >= 0.6 is 0 Å². The number of hydrogen-bond acceptors (Lipinski definition) is 6. The normalized spacial score (nSPS) is 12.4. The van der Waals surface area contributed by atoms with Gasteiger partial charge in [-0.3, -0.25) is 14.4 Å². The van der Waals surface area contributed by atoms with Crippen molar-refractivity contribution >= 4 is 17.9 Å². The third-order valence-electron chi connectivity index (χ3n) is 16.5. The standard InChI is InChI=1S/C77H140O6/c1-4-7-10-13-16-19-22-25-28-30-31-32-33-34-35-36-37-38-39-40-41-42-43-44-45-47-49-52-55-58-61-64-67-70-76(79)82-73-74(72-81-75(78)69-66-63-60-57-54-51-48-27-24-21-18-15-12-9-6-3)83-77(80)71-68-65-62-59-56-53-50-46-29-26-23-20-17-14-11-8-5-2/h18,21-22,25-27,29-31,48,74H,4-17,19-20,23-24,28,32-47,49-73H2,1-3H3/b21-18-,25-22-,29-26-,31-30-,48-27-. The van der Waals surface area contributed by atoms with Crippen molar-refractivity contribution in [1.82, 2.24) is 0 Å². The van der Waals surface area contributed by atoms with Crippen LogP contribution in [0, 0.1) is 0 Å². The highest BCUT2D eigenvalue weighted by Crippen LogP contribution is 2.18. The Morgan fingerprint density at radius 3 is 0.699 bits per heavy atom. The van der Waals surface area contributed by atoms with Crippen molar-refractivity contribution in [3.8, 4) is 0 Å². The number of esters is 3. The summed E-state index contributed by atoms with van der Waals surface area (Å²) >= 11 is 0. The lowest BCUT2D eigenvalue weighted by atomic mass is 10.0. The quantitative estimate of drug-likeness (QED) is 0.0261. The monoisotopic (exact) mass is 1160 g/mol. The lowest BCUT2D eigenvalue weighted by Crippen LogP contribution is -2.30. The van der Waals surface area contributed by atoms with E-state index in [1.807, 2.05) is 0 Å². The van der Waals surface area contributed by atoms with Crippen molar-refractivity contribution in [2.75, 3.05) is 13.2 Å². The molecule has 0 amide bonds. The molecule has 1 atom stereocenters. The van der Waals surface area contributed by atoms with Crippen LogP contribution in [0.15, 0.2) is 60.8 Å². The van der Waals surface area contributed by atoms with Crippen LogP contribution in [0.4, 0.5) is 0 Å². The summed E-state index contributed by atoms with van der Waals surface area (Å²) in [6.45, 7) is 6.64. The largest absolute Gasteiger partial charge is 0.462 e. The second-order valence-corrected chi connectivity index (χ2v) is 24.8. The van der Waals surface area contributed by atoms with E-state index in [0.29, 0.717) is 19.3 Å². The molecular weight excluding hydrogens is 1020 g/mol. The molecule has 0 rings (SSSR count). The minimum atomic E-state index is -0.782. The number of ether oxygens (including phenoxy) is 3. The maximum atomic E-state index is 12.9. The first-order valence-electron chi connectivity index (χ1n) is 36.8. The van der Waals surface area contributed by atoms with E-state index in [2.05, 4.69) is 81.5 Å². The average Bonchev–Trinajstić information content (AvgIpc) is 3.49. The lowest BCUT2D eigenvalue weighted by molar-refractivity contribution is -0.167. The topological polar surface area (TPSA) is 78.9 Å². The molecule has 0 bridgehead atoms. The molecule has 0 aliphatic carbocycles. The molecule has 0 aromatic carbocycles. The molecule has 0 aliphatic rings. The third-order valence-corrected chi connectivity index (χ3v) is 16.5. The molecular formula is C77H140O6. The smallest absolute Gasteiger partial charge is 0.306 e. The Balaban J connectivity index is 4.16. The molecule has 0 N–H and O–H groups in total. The maximum absolute atomic E-state index is 12.9. The third kappa shape index (κ3) is 69.8. The Kier molecular flexibility index (Phi) is 69.1. The molecule has 6 nitrogen and oxygen atoms in total. The van der Waals surface area contributed by atoms with Crippen molar-refractivity contribution in [3.63, 3.8) is 0 Å². The molecule has 0 fully saturated rings. The van der Waals surface area contributed by atoms with Gasteiger partial charge in [0.25, 0.3) is 0 Å². The van der Waals surface area contributed by atoms with Crippen LogP contribution in [0.3, 0.4) is 0 Å². The minimum Gasteiger partial charge on any atom is -0.462 e. The summed E-state index contributed by atoms with van der Waals surface area (Å²) in [5.74, 6) is -0.871. The second kappa shape index (κ2) is 71.6. The second-order valence-electron chi connectivity index (χ2n) is 24.8. The van der Waals surface area contributed by atoms with Crippen LogP contribution in [0.1, 0.15) is 393 Å². The molecule has 0 aromatic heterocycles. The molecule has 0 spiro atoms. The van der Waals surface area contributed by atoms with Crippen molar-refractivity contribution in [2.24, 2.45) is 0 Å². The summed E-state index contributed by atoms with van der Waals surface area (Å²) < 4.78 is 17.0. The lowest BCUT2D eigenvalue weighted by Gasteiger charge is -2.18. The van der Waals surface area contributed by atoms with Gasteiger partial charge in [0.1, 0.15) is 13.2 Å². The van der Waals surface area contributed by atoms with Gasteiger partial charge in [-0.25, -0.2) is 0 Å². The molecule has 484 valence electrons. The van der Waals surface area contributed by atoms with Crippen LogP contribution in [0.5, 0.6) is 0 Å². The predicted molar refractivity (Wildman–Crippen MR) is 362 cm³/mol. The van der Waals surface area contributed by atoms with Gasteiger partial charge in [0, 0.05) is 19.3 Å². The Morgan fingerprint density at radius 1 is 0.241 bits per heavy atom. The number of unbranched alkanes of at least 4 members (excludes halogenated alkanes) is 47. The summed E-state index contributed by atoms with van der Waals surface area (Å²) in [5.41, 5.74) is 0. The van der Waals surface area contributed by atoms with Gasteiger partial charge >= 0.3 is 17.9 Å². The predicted octanol–water partition coefficient (Wildman–Crippen LogP) is 25.5. The van der Waals surface area contributed by atoms with Gasteiger partial charge in [-0.1, -0.05) is 326 Å². The van der Waals surface area contributed by atoms with Gasteiger partial charge in [0.05, 0.1) is 0 Å². The molecule has 83 heavy (non-hydrogen) atoms. The number of allylic oxidation sites excluding steroid dienone is 10. The first-order chi connectivity index (χ1) is 41.0. The molecule has 0 radical (unpaired) electrons. The zero-order valence-corrected chi connectivity index (χ0v) is 55.7. The first kappa shape index (κ1) is 80.1. The molecule has 0 saturated heterocycles. The van der Waals surface area contributed by atoms with Crippen molar-refractivity contribution < 1.29 is 28.6 Å². The van der Waals surface area contributed by atoms with E-state index in [1.165, 1.54) is 270 Å². The van der Waals surface area contributed by atoms with E-state index in [0.717, 1.165) is 83.5 Å². The number of hydrogen-bond donors (Lipinski definition) is 0. The fraction of sp³-hybridized carbons (Fsp3) is 0.831. The van der Waals surface area contributed by atoms with Gasteiger partial charge in [0.2, 0.25) is 0 Å². The van der Waals surface area contributed by atoms with Gasteiger partial charge in [-0.05, 0) is 109 Å². The van der Waals surface area contributed by atoms with E-state index in [1.54, 1.807) is 0 Å². The summed E-state index contributed by atoms with van der Waals surface area (Å²) in [4.78, 5) is 38.4. The van der Waals surface area contributed by atoms with Crippen molar-refractivity contribution in [2.45, 2.75) is 399 Å². The van der Waals surface area contributed by atoms with Crippen LogP contribution < -0.4 is 0 Å². The minimum absolute atomic E-state index is 0.0764. The summed E-state index contributed by atoms with van der Waals surface area (Å²) in [7, 11) is 0. The first-order valence-corrected chi connectivity index (χ1v) is 36.8. The number of carbonyl (C=O) groups excluding carboxylic acids is 3. The van der Waals surface area contributed by atoms with Gasteiger partial charge in [-0.15, -0.1) is 0 Å². The number of carbonyl (C=O) groups is 3. The molecule has 0 saturated carbocycles. The molecule has 1 unspecified atom stereocenters. The van der Waals surface area contributed by atoms with Crippen LogP contribution in [0.25, 0.3) is 0 Å². The van der Waals surface area contributed by atoms with E-state index in [-0.39, 0.29) is 31.1 Å². The molecule has 6 heteroatoms. The molecule has 0 aliphatic heterocycles. The fourth-order valence-electron chi connectivity index (χ4n) is 10.9. The van der Waals surface area contributed by atoms with E-state index >= 15 is 0 Å². The van der Waals surface area contributed by atoms with E-state index in [4.69, 9.17) is 14.2 Å². The zero-order valence-electron chi connectivity index (χ0n) is 55.7. The van der Waals surface area contributed by atoms with Gasteiger partial charge in [0.15, 0.2) is 6.10 Å². The summed E-state index contributed by atoms with van der Waals surface area (Å²) in [6.07, 6.45) is 92.7. The highest BCUT2D eigenvalue weighted by molar-refractivity contribution is 5.71. The fourth-order valence-corrected chi connectivity index (χ4v) is 10.9. The van der Waals surface area contributed by atoms with Gasteiger partial charge < -0.3 is 14.2 Å². The maximum Gasteiger partial charge on any atom is 0.306 e. The Hall–Kier alpha value is -2.89. The highest BCUT2D eigenvalue weighted by Gasteiger charge is 2.19. The Morgan fingerprint density at radius 2 is 0.434 bits per heavy atom. The molecule has 0 heterocycles. The summed E-state index contributed by atoms with van der Waals surface area (Å²) in [6, 6.07) is 0. The van der Waals surface area contributed by atoms with Crippen LogP contribution in [0.2, 0.25) is 0 Å². The zero-order chi connectivity index (χ0) is 59.9. The Bertz CT molecular complexity index is 1470. The highest BCUT2D eigenvalue weighted by atomic mass is 16.6. The Labute approximate surface area is 517 Å². The van der Waals surface area contributed by atoms with Crippen LogP contribution in [-0.2, 0) is 28.6 Å². The van der Waals surface area contributed by atoms with E-state index < -0.39 is 6.10 Å². The average molecular weight is 1160 g/mol. The SMILES string of the molecule is CCCCC/C=C\C/C=C\CCCCCCCC(=O)OCC(COC(=O)CCCCCCCCCCCCCCCCCCCCCCC/C=C\C/C=C\CCCCCCC)OC(=O)CCCCCCCCC/C=C\CCCCCCCC. The molecule has 0 aromatic rings. The number of rotatable bonds is 68. The van der Waals surface area contributed by atoms with Gasteiger partial charge in [-0.2, -0.15) is 0 Å². The van der Waals surface area contributed by atoms with Crippen molar-refractivity contribution in [3.05, 3.63) is 60.8 Å².